The predicted molar refractivity (Wildman–Crippen MR) is 53.0 cm³/mol. The lowest BCUT2D eigenvalue weighted by molar-refractivity contribution is 0.680. The van der Waals surface area contributed by atoms with Crippen molar-refractivity contribution in [3.8, 4) is 0 Å². The van der Waals surface area contributed by atoms with E-state index < -0.39 is 0 Å². The fraction of sp³-hybridized carbons (Fsp3) is 0.778. The van der Waals surface area contributed by atoms with Gasteiger partial charge in [0.25, 0.3) is 0 Å². The molecule has 2 aliphatic rings. The van der Waals surface area contributed by atoms with E-state index in [4.69, 9.17) is 0 Å². The average molecular weight is 195 g/mol. The molecule has 3 nitrogen and oxygen atoms in total. The maximum Gasteiger partial charge on any atom is 0.136 e. The molecule has 1 aliphatic heterocycles. The fourth-order valence-electron chi connectivity index (χ4n) is 1.84. The Morgan fingerprint density at radius 1 is 1.23 bits per heavy atom. The summed E-state index contributed by atoms with van der Waals surface area (Å²) in [5, 5.41) is 8.58. The minimum absolute atomic E-state index is 0.740. The number of aromatic nitrogens is 3. The predicted octanol–water partition coefficient (Wildman–Crippen LogP) is 1.44. The summed E-state index contributed by atoms with van der Waals surface area (Å²) in [6.07, 6.45) is 3.75. The molecule has 70 valence electrons. The van der Waals surface area contributed by atoms with Gasteiger partial charge in [-0.2, -0.15) is 11.8 Å². The molecule has 4 heteroatoms. The van der Waals surface area contributed by atoms with E-state index in [1.807, 2.05) is 11.8 Å². The second kappa shape index (κ2) is 3.01. The zero-order chi connectivity index (χ0) is 8.67. The molecule has 0 spiro atoms. The van der Waals surface area contributed by atoms with Gasteiger partial charge in [-0.1, -0.05) is 0 Å². The van der Waals surface area contributed by atoms with Gasteiger partial charge in [-0.3, -0.25) is 0 Å². The van der Waals surface area contributed by atoms with Gasteiger partial charge in [0.2, 0.25) is 0 Å². The molecule has 0 bridgehead atoms. The van der Waals surface area contributed by atoms with E-state index in [1.54, 1.807) is 0 Å². The minimum Gasteiger partial charge on any atom is -0.314 e. The topological polar surface area (TPSA) is 30.7 Å². The number of aryl methyl sites for hydroxylation is 1. The van der Waals surface area contributed by atoms with E-state index in [2.05, 4.69) is 14.8 Å². The third-order valence-electron chi connectivity index (χ3n) is 2.73. The number of nitrogens with zero attached hydrogens (tertiary/aromatic N) is 3. The molecule has 1 fully saturated rings. The van der Waals surface area contributed by atoms with Crippen molar-refractivity contribution in [2.45, 2.75) is 31.7 Å². The summed E-state index contributed by atoms with van der Waals surface area (Å²) in [5.74, 6) is 5.65. The zero-order valence-corrected chi connectivity index (χ0v) is 8.39. The van der Waals surface area contributed by atoms with E-state index in [0.717, 1.165) is 18.9 Å². The Hall–Kier alpha value is -0.510. The van der Waals surface area contributed by atoms with Gasteiger partial charge >= 0.3 is 0 Å². The van der Waals surface area contributed by atoms with E-state index in [0.29, 0.717) is 0 Å². The summed E-state index contributed by atoms with van der Waals surface area (Å²) in [5.41, 5.74) is 0. The van der Waals surface area contributed by atoms with Crippen LogP contribution < -0.4 is 0 Å². The summed E-state index contributed by atoms with van der Waals surface area (Å²) in [6, 6.07) is 0. The van der Waals surface area contributed by atoms with Crippen LogP contribution in [-0.2, 0) is 13.0 Å². The Balaban J connectivity index is 1.98. The first kappa shape index (κ1) is 7.85. The lowest BCUT2D eigenvalue weighted by Gasteiger charge is -2.04. The SMILES string of the molecule is C1Cc2nnc(C3CC3)n2CCS1. The minimum atomic E-state index is 0.740. The van der Waals surface area contributed by atoms with Crippen molar-refractivity contribution >= 4 is 11.8 Å². The Morgan fingerprint density at radius 3 is 3.00 bits per heavy atom. The van der Waals surface area contributed by atoms with Gasteiger partial charge in [0.1, 0.15) is 11.6 Å². The number of thioether (sulfide) groups is 1. The highest BCUT2D eigenvalue weighted by Gasteiger charge is 2.30. The molecule has 0 unspecified atom stereocenters. The van der Waals surface area contributed by atoms with Gasteiger partial charge in [0.05, 0.1) is 0 Å². The van der Waals surface area contributed by atoms with Crippen LogP contribution in [0.25, 0.3) is 0 Å². The first-order valence-corrected chi connectivity index (χ1v) is 6.10. The van der Waals surface area contributed by atoms with Crippen LogP contribution in [0, 0.1) is 0 Å². The van der Waals surface area contributed by atoms with Crippen LogP contribution in [0.3, 0.4) is 0 Å². The Labute approximate surface area is 81.9 Å². The summed E-state index contributed by atoms with van der Waals surface area (Å²) >= 11 is 2.03. The van der Waals surface area contributed by atoms with E-state index >= 15 is 0 Å². The number of fused-ring (bicyclic) bond motifs is 1. The molecule has 0 aromatic carbocycles. The van der Waals surface area contributed by atoms with Gasteiger partial charge in [0, 0.05) is 30.4 Å². The first-order valence-electron chi connectivity index (χ1n) is 4.95. The number of hydrogen-bond acceptors (Lipinski definition) is 3. The average Bonchev–Trinajstić information content (AvgIpc) is 2.94. The third kappa shape index (κ3) is 1.37. The largest absolute Gasteiger partial charge is 0.314 e. The van der Waals surface area contributed by atoms with Crippen LogP contribution in [0.4, 0.5) is 0 Å². The second-order valence-corrected chi connectivity index (χ2v) is 4.99. The molecule has 3 rings (SSSR count). The fourth-order valence-corrected chi connectivity index (χ4v) is 2.69. The smallest absolute Gasteiger partial charge is 0.136 e. The molecule has 1 saturated carbocycles. The maximum atomic E-state index is 4.31. The van der Waals surface area contributed by atoms with E-state index in [1.165, 1.54) is 36.0 Å². The van der Waals surface area contributed by atoms with Gasteiger partial charge < -0.3 is 4.57 Å². The number of hydrogen-bond donors (Lipinski definition) is 0. The molecule has 0 atom stereocenters. The molecule has 1 aliphatic carbocycles. The second-order valence-electron chi connectivity index (χ2n) is 3.76. The van der Waals surface area contributed by atoms with Gasteiger partial charge in [-0.15, -0.1) is 10.2 Å². The first-order chi connectivity index (χ1) is 6.45. The lowest BCUT2D eigenvalue weighted by Crippen LogP contribution is -2.06. The zero-order valence-electron chi connectivity index (χ0n) is 7.57. The molecule has 2 heterocycles. The van der Waals surface area contributed by atoms with Crippen LogP contribution >= 0.6 is 11.8 Å². The summed E-state index contributed by atoms with van der Waals surface area (Å²) < 4.78 is 2.36. The van der Waals surface area contributed by atoms with Gasteiger partial charge in [0.15, 0.2) is 0 Å². The Bertz CT molecular complexity index is 317. The van der Waals surface area contributed by atoms with E-state index in [9.17, 15) is 0 Å². The van der Waals surface area contributed by atoms with Crippen LogP contribution in [0.15, 0.2) is 0 Å². The highest BCUT2D eigenvalue weighted by atomic mass is 32.2. The monoisotopic (exact) mass is 195 g/mol. The summed E-state index contributed by atoms with van der Waals surface area (Å²) in [7, 11) is 0. The van der Waals surface area contributed by atoms with Crippen molar-refractivity contribution in [1.29, 1.82) is 0 Å². The van der Waals surface area contributed by atoms with Crippen molar-refractivity contribution in [2.75, 3.05) is 11.5 Å². The molecule has 1 aromatic heterocycles. The summed E-state index contributed by atoms with van der Waals surface area (Å²) in [4.78, 5) is 0. The van der Waals surface area contributed by atoms with Crippen LogP contribution in [-0.4, -0.2) is 26.3 Å². The van der Waals surface area contributed by atoms with E-state index in [-0.39, 0.29) is 0 Å². The molecule has 13 heavy (non-hydrogen) atoms. The third-order valence-corrected chi connectivity index (χ3v) is 3.69. The molecule has 0 radical (unpaired) electrons. The van der Waals surface area contributed by atoms with Crippen LogP contribution in [0.1, 0.15) is 30.4 Å². The quantitative estimate of drug-likeness (QED) is 0.679. The highest BCUT2D eigenvalue weighted by molar-refractivity contribution is 7.99. The molecule has 0 saturated heterocycles. The number of rotatable bonds is 1. The Kier molecular flexibility index (Phi) is 1.82. The standard InChI is InChI=1S/C9H13N3S/c1-2-7(1)9-11-10-8-3-5-13-6-4-12(8)9/h7H,1-6H2. The molecular formula is C9H13N3S. The van der Waals surface area contributed by atoms with Crippen LogP contribution in [0.5, 0.6) is 0 Å². The molecule has 0 N–H and O–H groups in total. The van der Waals surface area contributed by atoms with Crippen molar-refractivity contribution in [1.82, 2.24) is 14.8 Å². The Morgan fingerprint density at radius 2 is 2.15 bits per heavy atom. The maximum absolute atomic E-state index is 4.31. The van der Waals surface area contributed by atoms with Gasteiger partial charge in [-0.05, 0) is 12.8 Å². The van der Waals surface area contributed by atoms with Crippen molar-refractivity contribution < 1.29 is 0 Å². The molecule has 0 amide bonds. The van der Waals surface area contributed by atoms with Crippen molar-refractivity contribution in [2.24, 2.45) is 0 Å². The van der Waals surface area contributed by atoms with Crippen molar-refractivity contribution in [3.05, 3.63) is 11.6 Å². The lowest BCUT2D eigenvalue weighted by atomic mass is 10.3. The normalized spacial score (nSPS) is 22.5. The molecular weight excluding hydrogens is 182 g/mol. The molecule has 1 aromatic rings. The highest BCUT2D eigenvalue weighted by Crippen LogP contribution is 2.39. The van der Waals surface area contributed by atoms with Crippen molar-refractivity contribution in [3.63, 3.8) is 0 Å². The van der Waals surface area contributed by atoms with Crippen LogP contribution in [0.2, 0.25) is 0 Å². The van der Waals surface area contributed by atoms with Gasteiger partial charge in [-0.25, -0.2) is 0 Å². The summed E-state index contributed by atoms with van der Waals surface area (Å²) in [6.45, 7) is 1.12.